The van der Waals surface area contributed by atoms with Gasteiger partial charge in [0.05, 0.1) is 5.92 Å². The first-order chi connectivity index (χ1) is 9.26. The van der Waals surface area contributed by atoms with Crippen molar-refractivity contribution < 1.29 is 27.9 Å². The monoisotopic (exact) mass is 292 g/mol. The molecule has 3 atom stereocenters. The third kappa shape index (κ3) is 2.52. The van der Waals surface area contributed by atoms with E-state index in [9.17, 15) is 22.8 Å². The van der Waals surface area contributed by atoms with Gasteiger partial charge in [0.2, 0.25) is 5.91 Å². The fourth-order valence-corrected chi connectivity index (χ4v) is 2.55. The molecule has 1 aliphatic carbocycles. The van der Waals surface area contributed by atoms with Gasteiger partial charge in [0.15, 0.2) is 5.41 Å². The van der Waals surface area contributed by atoms with Gasteiger partial charge in [0.25, 0.3) is 0 Å². The molecule has 8 heteroatoms. The summed E-state index contributed by atoms with van der Waals surface area (Å²) in [5.74, 6) is -2.90. The first-order valence-corrected chi connectivity index (χ1v) is 6.26. The molecule has 0 aromatic carbocycles. The standard InChI is InChI=1S/C12H15F3N2O3/c13-12(14,15)11(3-4-16-6-11)10(20)17-8-2-1-7(5-8)9(18)19/h1-2,7-8,16H,3-6H2,(H,17,20)(H,18,19). The summed E-state index contributed by atoms with van der Waals surface area (Å²) in [6.07, 6.45) is -2.03. The van der Waals surface area contributed by atoms with Crippen molar-refractivity contribution in [2.45, 2.75) is 25.1 Å². The number of carbonyl (C=O) groups excluding carboxylic acids is 1. The Kier molecular flexibility index (Phi) is 3.77. The SMILES string of the molecule is O=C(O)C1C=CC(NC(=O)C2(C(F)(F)F)CCNC2)C1. The zero-order valence-corrected chi connectivity index (χ0v) is 10.5. The summed E-state index contributed by atoms with van der Waals surface area (Å²) in [6.45, 7) is -0.313. The number of carboxylic acids is 1. The van der Waals surface area contributed by atoms with Gasteiger partial charge in [0.1, 0.15) is 0 Å². The van der Waals surface area contributed by atoms with E-state index in [-0.39, 0.29) is 19.4 Å². The van der Waals surface area contributed by atoms with E-state index >= 15 is 0 Å². The van der Waals surface area contributed by atoms with Crippen molar-refractivity contribution in [3.63, 3.8) is 0 Å². The van der Waals surface area contributed by atoms with Gasteiger partial charge in [-0.2, -0.15) is 13.2 Å². The number of aliphatic carboxylic acids is 1. The van der Waals surface area contributed by atoms with Crippen LogP contribution in [-0.4, -0.2) is 42.3 Å². The molecule has 112 valence electrons. The smallest absolute Gasteiger partial charge is 0.404 e. The van der Waals surface area contributed by atoms with Crippen LogP contribution in [0.2, 0.25) is 0 Å². The van der Waals surface area contributed by atoms with Crippen LogP contribution in [0.4, 0.5) is 13.2 Å². The van der Waals surface area contributed by atoms with Crippen LogP contribution in [0.5, 0.6) is 0 Å². The van der Waals surface area contributed by atoms with E-state index in [1.54, 1.807) is 0 Å². The largest absolute Gasteiger partial charge is 0.481 e. The van der Waals surface area contributed by atoms with Crippen LogP contribution in [0.15, 0.2) is 12.2 Å². The highest BCUT2D eigenvalue weighted by Crippen LogP contribution is 2.43. The molecule has 1 saturated heterocycles. The molecular weight excluding hydrogens is 277 g/mol. The van der Waals surface area contributed by atoms with Gasteiger partial charge in [0, 0.05) is 12.6 Å². The molecule has 2 aliphatic rings. The maximum absolute atomic E-state index is 13.1. The van der Waals surface area contributed by atoms with Crippen LogP contribution >= 0.6 is 0 Å². The number of alkyl halides is 3. The summed E-state index contributed by atoms with van der Waals surface area (Å²) in [5.41, 5.74) is -2.41. The second-order valence-electron chi connectivity index (χ2n) is 5.15. The lowest BCUT2D eigenvalue weighted by Crippen LogP contribution is -2.54. The van der Waals surface area contributed by atoms with Gasteiger partial charge in [-0.3, -0.25) is 9.59 Å². The van der Waals surface area contributed by atoms with E-state index in [4.69, 9.17) is 5.11 Å². The minimum Gasteiger partial charge on any atom is -0.481 e. The normalized spacial score (nSPS) is 33.4. The van der Waals surface area contributed by atoms with Crippen molar-refractivity contribution in [2.24, 2.45) is 11.3 Å². The van der Waals surface area contributed by atoms with Crippen LogP contribution in [0.3, 0.4) is 0 Å². The van der Waals surface area contributed by atoms with Crippen molar-refractivity contribution in [1.82, 2.24) is 10.6 Å². The molecular formula is C12H15F3N2O3. The molecule has 3 N–H and O–H groups in total. The number of rotatable bonds is 3. The summed E-state index contributed by atoms with van der Waals surface area (Å²) in [7, 11) is 0. The molecule has 2 rings (SSSR count). The zero-order chi connectivity index (χ0) is 15.0. The Labute approximate surface area is 113 Å². The molecule has 20 heavy (non-hydrogen) atoms. The minimum atomic E-state index is -4.63. The number of carboxylic acid groups (broad SMARTS) is 1. The summed E-state index contributed by atoms with van der Waals surface area (Å²) >= 11 is 0. The topological polar surface area (TPSA) is 78.4 Å². The number of hydrogen-bond donors (Lipinski definition) is 3. The fraction of sp³-hybridized carbons (Fsp3) is 0.667. The lowest BCUT2D eigenvalue weighted by molar-refractivity contribution is -0.216. The predicted octanol–water partition coefficient (Wildman–Crippen LogP) is 0.674. The van der Waals surface area contributed by atoms with Gasteiger partial charge < -0.3 is 15.7 Å². The van der Waals surface area contributed by atoms with E-state index in [0.717, 1.165) is 0 Å². The van der Waals surface area contributed by atoms with E-state index < -0.39 is 42.0 Å². The molecule has 1 amide bonds. The van der Waals surface area contributed by atoms with Crippen LogP contribution in [0.25, 0.3) is 0 Å². The van der Waals surface area contributed by atoms with Crippen molar-refractivity contribution in [2.75, 3.05) is 13.1 Å². The van der Waals surface area contributed by atoms with Crippen LogP contribution < -0.4 is 10.6 Å². The second kappa shape index (κ2) is 5.08. The van der Waals surface area contributed by atoms with E-state index in [0.29, 0.717) is 0 Å². The average Bonchev–Trinajstić information content (AvgIpc) is 2.96. The van der Waals surface area contributed by atoms with Crippen molar-refractivity contribution in [3.05, 3.63) is 12.2 Å². The lowest BCUT2D eigenvalue weighted by Gasteiger charge is -2.30. The summed E-state index contributed by atoms with van der Waals surface area (Å²) in [5, 5.41) is 13.7. The zero-order valence-electron chi connectivity index (χ0n) is 10.5. The maximum Gasteiger partial charge on any atom is 0.404 e. The fourth-order valence-electron chi connectivity index (χ4n) is 2.55. The predicted molar refractivity (Wildman–Crippen MR) is 62.8 cm³/mol. The third-order valence-electron chi connectivity index (χ3n) is 3.85. The minimum absolute atomic E-state index is 0.0858. The Morgan fingerprint density at radius 2 is 2.05 bits per heavy atom. The van der Waals surface area contributed by atoms with Gasteiger partial charge >= 0.3 is 12.1 Å². The molecule has 3 unspecified atom stereocenters. The molecule has 0 spiro atoms. The number of carbonyl (C=O) groups is 2. The molecule has 1 aliphatic heterocycles. The Morgan fingerprint density at radius 1 is 1.35 bits per heavy atom. The van der Waals surface area contributed by atoms with Crippen LogP contribution in [0, 0.1) is 11.3 Å². The molecule has 0 saturated carbocycles. The van der Waals surface area contributed by atoms with E-state index in [2.05, 4.69) is 10.6 Å². The van der Waals surface area contributed by atoms with Crippen molar-refractivity contribution in [3.8, 4) is 0 Å². The molecule has 0 aromatic heterocycles. The molecule has 1 fully saturated rings. The highest BCUT2D eigenvalue weighted by Gasteiger charge is 2.61. The van der Waals surface area contributed by atoms with Gasteiger partial charge in [-0.05, 0) is 19.4 Å². The first kappa shape index (κ1) is 14.8. The average molecular weight is 292 g/mol. The number of hydrogen-bond acceptors (Lipinski definition) is 3. The Bertz CT molecular complexity index is 442. The van der Waals surface area contributed by atoms with Gasteiger partial charge in [-0.15, -0.1) is 0 Å². The molecule has 0 aromatic rings. The van der Waals surface area contributed by atoms with E-state index in [1.165, 1.54) is 12.2 Å². The highest BCUT2D eigenvalue weighted by atomic mass is 19.4. The van der Waals surface area contributed by atoms with Crippen molar-refractivity contribution in [1.29, 1.82) is 0 Å². The van der Waals surface area contributed by atoms with Gasteiger partial charge in [-0.1, -0.05) is 12.2 Å². The van der Waals surface area contributed by atoms with Gasteiger partial charge in [-0.25, -0.2) is 0 Å². The first-order valence-electron chi connectivity index (χ1n) is 6.26. The maximum atomic E-state index is 13.1. The van der Waals surface area contributed by atoms with Crippen molar-refractivity contribution >= 4 is 11.9 Å². The molecule has 5 nitrogen and oxygen atoms in total. The molecule has 0 bridgehead atoms. The number of amides is 1. The Balaban J connectivity index is 2.05. The van der Waals surface area contributed by atoms with Crippen LogP contribution in [-0.2, 0) is 9.59 Å². The number of halogens is 3. The summed E-state index contributed by atoms with van der Waals surface area (Å²) in [6, 6.07) is -0.663. The summed E-state index contributed by atoms with van der Waals surface area (Å²) < 4.78 is 39.4. The highest BCUT2D eigenvalue weighted by molar-refractivity contribution is 5.85. The lowest BCUT2D eigenvalue weighted by atomic mass is 9.85. The Hall–Kier alpha value is -1.57. The number of nitrogens with one attached hydrogen (secondary N) is 2. The molecule has 1 heterocycles. The van der Waals surface area contributed by atoms with E-state index in [1.807, 2.05) is 0 Å². The molecule has 0 radical (unpaired) electrons. The second-order valence-corrected chi connectivity index (χ2v) is 5.15. The summed E-state index contributed by atoms with van der Waals surface area (Å²) in [4.78, 5) is 22.8. The quantitative estimate of drug-likeness (QED) is 0.668. The van der Waals surface area contributed by atoms with Crippen LogP contribution in [0.1, 0.15) is 12.8 Å². The Morgan fingerprint density at radius 3 is 2.50 bits per heavy atom. The third-order valence-corrected chi connectivity index (χ3v) is 3.85.